The zero-order chi connectivity index (χ0) is 15.2. The van der Waals surface area contributed by atoms with Crippen molar-refractivity contribution in [3.05, 3.63) is 63.6 Å². The summed E-state index contributed by atoms with van der Waals surface area (Å²) >= 11 is 3.35. The molecule has 0 heterocycles. The first-order chi connectivity index (χ1) is 10.0. The van der Waals surface area contributed by atoms with Crippen LogP contribution in [0.5, 0.6) is 0 Å². The van der Waals surface area contributed by atoms with Gasteiger partial charge in [0.1, 0.15) is 6.61 Å². The number of nitrogens with one attached hydrogen (secondary N) is 1. The molecule has 21 heavy (non-hydrogen) atoms. The largest absolute Gasteiger partial charge is 0.367 e. The van der Waals surface area contributed by atoms with Gasteiger partial charge >= 0.3 is 0 Å². The van der Waals surface area contributed by atoms with Crippen molar-refractivity contribution in [1.29, 1.82) is 0 Å². The molecule has 0 fully saturated rings. The van der Waals surface area contributed by atoms with Crippen LogP contribution in [0.15, 0.2) is 46.9 Å². The van der Waals surface area contributed by atoms with Gasteiger partial charge in [-0.1, -0.05) is 39.7 Å². The Bertz CT molecular complexity index is 623. The molecule has 0 atom stereocenters. The van der Waals surface area contributed by atoms with Crippen molar-refractivity contribution in [3.8, 4) is 0 Å². The number of amides is 1. The van der Waals surface area contributed by atoms with Gasteiger partial charge in [0.25, 0.3) is 0 Å². The van der Waals surface area contributed by atoms with Crippen LogP contribution >= 0.6 is 15.9 Å². The van der Waals surface area contributed by atoms with Crippen molar-refractivity contribution in [1.82, 2.24) is 0 Å². The highest BCUT2D eigenvalue weighted by atomic mass is 79.9. The van der Waals surface area contributed by atoms with Crippen LogP contribution in [0.4, 0.5) is 5.69 Å². The monoisotopic (exact) mass is 347 g/mol. The Balaban J connectivity index is 1.80. The summed E-state index contributed by atoms with van der Waals surface area (Å²) in [7, 11) is 0. The van der Waals surface area contributed by atoms with Crippen molar-refractivity contribution in [2.75, 3.05) is 11.9 Å². The van der Waals surface area contributed by atoms with Gasteiger partial charge in [0.2, 0.25) is 5.91 Å². The quantitative estimate of drug-likeness (QED) is 0.879. The minimum Gasteiger partial charge on any atom is -0.367 e. The molecule has 0 aliphatic rings. The third-order valence-electron chi connectivity index (χ3n) is 3.12. The van der Waals surface area contributed by atoms with Crippen LogP contribution in [0, 0.1) is 13.8 Å². The fraction of sp³-hybridized carbons (Fsp3) is 0.235. The van der Waals surface area contributed by atoms with Crippen LogP contribution in [-0.2, 0) is 16.1 Å². The third-order valence-corrected chi connectivity index (χ3v) is 3.65. The smallest absolute Gasteiger partial charge is 0.250 e. The number of halogens is 1. The second kappa shape index (κ2) is 7.38. The highest BCUT2D eigenvalue weighted by Crippen LogP contribution is 2.14. The Hall–Kier alpha value is -1.65. The summed E-state index contributed by atoms with van der Waals surface area (Å²) in [5.74, 6) is -0.151. The standard InChI is InChI=1S/C17H18BrNO2/c1-12-3-4-14(13(2)9-12)10-21-11-17(20)19-16-7-5-15(18)6-8-16/h3-9H,10-11H2,1-2H3,(H,19,20). The topological polar surface area (TPSA) is 38.3 Å². The molecule has 110 valence electrons. The number of aryl methyl sites for hydroxylation is 2. The van der Waals surface area contributed by atoms with Crippen molar-refractivity contribution < 1.29 is 9.53 Å². The highest BCUT2D eigenvalue weighted by molar-refractivity contribution is 9.10. The average molecular weight is 348 g/mol. The minimum atomic E-state index is -0.151. The van der Waals surface area contributed by atoms with Crippen LogP contribution in [0.2, 0.25) is 0 Å². The minimum absolute atomic E-state index is 0.0450. The molecular formula is C17H18BrNO2. The Morgan fingerprint density at radius 3 is 2.52 bits per heavy atom. The van der Waals surface area contributed by atoms with E-state index < -0.39 is 0 Å². The predicted molar refractivity (Wildman–Crippen MR) is 88.3 cm³/mol. The lowest BCUT2D eigenvalue weighted by Crippen LogP contribution is -2.18. The van der Waals surface area contributed by atoms with Crippen molar-refractivity contribution in [2.45, 2.75) is 20.5 Å². The van der Waals surface area contributed by atoms with E-state index in [4.69, 9.17) is 4.74 Å². The van der Waals surface area contributed by atoms with Crippen LogP contribution in [0.1, 0.15) is 16.7 Å². The van der Waals surface area contributed by atoms with E-state index >= 15 is 0 Å². The van der Waals surface area contributed by atoms with Gasteiger partial charge in [-0.15, -0.1) is 0 Å². The lowest BCUT2D eigenvalue weighted by Gasteiger charge is -2.09. The van der Waals surface area contributed by atoms with Gasteiger partial charge in [-0.3, -0.25) is 4.79 Å². The number of hydrogen-bond donors (Lipinski definition) is 1. The lowest BCUT2D eigenvalue weighted by molar-refractivity contribution is -0.121. The Morgan fingerprint density at radius 1 is 1.14 bits per heavy atom. The number of carbonyl (C=O) groups excluding carboxylic acids is 1. The van der Waals surface area contributed by atoms with Gasteiger partial charge in [0, 0.05) is 10.2 Å². The van der Waals surface area contributed by atoms with E-state index in [1.165, 1.54) is 11.1 Å². The molecule has 0 aromatic heterocycles. The first-order valence-electron chi connectivity index (χ1n) is 6.74. The Labute approximate surface area is 133 Å². The van der Waals surface area contributed by atoms with E-state index in [1.54, 1.807) is 0 Å². The number of ether oxygens (including phenoxy) is 1. The molecular weight excluding hydrogens is 330 g/mol. The highest BCUT2D eigenvalue weighted by Gasteiger charge is 2.04. The summed E-state index contributed by atoms with van der Waals surface area (Å²) in [6, 6.07) is 13.6. The predicted octanol–water partition coefficient (Wildman–Crippen LogP) is 4.22. The molecule has 1 N–H and O–H groups in total. The van der Waals surface area contributed by atoms with Crippen LogP contribution < -0.4 is 5.32 Å². The van der Waals surface area contributed by atoms with E-state index in [0.717, 1.165) is 15.7 Å². The van der Waals surface area contributed by atoms with Crippen molar-refractivity contribution >= 4 is 27.5 Å². The zero-order valence-corrected chi connectivity index (χ0v) is 13.7. The molecule has 0 spiro atoms. The van der Waals surface area contributed by atoms with E-state index in [1.807, 2.05) is 43.3 Å². The molecule has 2 rings (SSSR count). The molecule has 0 aliphatic carbocycles. The normalized spacial score (nSPS) is 10.4. The summed E-state index contributed by atoms with van der Waals surface area (Å²) in [6.07, 6.45) is 0. The molecule has 2 aromatic carbocycles. The molecule has 0 aliphatic heterocycles. The molecule has 4 heteroatoms. The lowest BCUT2D eigenvalue weighted by atomic mass is 10.1. The third kappa shape index (κ3) is 4.99. The van der Waals surface area contributed by atoms with Crippen LogP contribution in [0.3, 0.4) is 0 Å². The van der Waals surface area contributed by atoms with Crippen molar-refractivity contribution in [2.24, 2.45) is 0 Å². The van der Waals surface area contributed by atoms with Gasteiger partial charge in [-0.2, -0.15) is 0 Å². The first-order valence-corrected chi connectivity index (χ1v) is 7.53. The summed E-state index contributed by atoms with van der Waals surface area (Å²) < 4.78 is 6.46. The molecule has 2 aromatic rings. The summed E-state index contributed by atoms with van der Waals surface area (Å²) in [5, 5.41) is 2.79. The molecule has 3 nitrogen and oxygen atoms in total. The van der Waals surface area contributed by atoms with Gasteiger partial charge in [-0.05, 0) is 49.2 Å². The maximum Gasteiger partial charge on any atom is 0.250 e. The molecule has 0 unspecified atom stereocenters. The molecule has 0 saturated carbocycles. The van der Waals surface area contributed by atoms with E-state index in [2.05, 4.69) is 34.2 Å². The van der Waals surface area contributed by atoms with Crippen LogP contribution in [-0.4, -0.2) is 12.5 Å². The summed E-state index contributed by atoms with van der Waals surface area (Å²) in [6.45, 7) is 4.60. The Kier molecular flexibility index (Phi) is 5.53. The Morgan fingerprint density at radius 2 is 1.86 bits per heavy atom. The van der Waals surface area contributed by atoms with Gasteiger partial charge in [0.05, 0.1) is 6.61 Å². The molecule has 0 bridgehead atoms. The van der Waals surface area contributed by atoms with Gasteiger partial charge < -0.3 is 10.1 Å². The van der Waals surface area contributed by atoms with E-state index in [-0.39, 0.29) is 12.5 Å². The molecule has 1 amide bonds. The van der Waals surface area contributed by atoms with Gasteiger partial charge in [-0.25, -0.2) is 0 Å². The molecule has 0 radical (unpaired) electrons. The summed E-state index contributed by atoms with van der Waals surface area (Å²) in [5.41, 5.74) is 4.28. The van der Waals surface area contributed by atoms with Crippen molar-refractivity contribution in [3.63, 3.8) is 0 Å². The maximum absolute atomic E-state index is 11.8. The summed E-state index contributed by atoms with van der Waals surface area (Å²) in [4.78, 5) is 11.8. The molecule has 0 saturated heterocycles. The number of benzene rings is 2. The maximum atomic E-state index is 11.8. The average Bonchev–Trinajstić information content (AvgIpc) is 2.44. The second-order valence-corrected chi connectivity index (χ2v) is 5.89. The first kappa shape index (κ1) is 15.7. The number of rotatable bonds is 5. The number of carbonyl (C=O) groups is 1. The van der Waals surface area contributed by atoms with E-state index in [0.29, 0.717) is 6.61 Å². The fourth-order valence-corrected chi connectivity index (χ4v) is 2.26. The van der Waals surface area contributed by atoms with Gasteiger partial charge in [0.15, 0.2) is 0 Å². The van der Waals surface area contributed by atoms with E-state index in [9.17, 15) is 4.79 Å². The zero-order valence-electron chi connectivity index (χ0n) is 12.2. The number of anilines is 1. The second-order valence-electron chi connectivity index (χ2n) is 4.98. The fourth-order valence-electron chi connectivity index (χ4n) is 1.99. The number of hydrogen-bond acceptors (Lipinski definition) is 2. The SMILES string of the molecule is Cc1ccc(COCC(=O)Nc2ccc(Br)cc2)c(C)c1. The van der Waals surface area contributed by atoms with Crippen LogP contribution in [0.25, 0.3) is 0 Å².